The minimum Gasteiger partial charge on any atom is -0.495 e. The molecular weight excluding hydrogens is 304 g/mol. The van der Waals surface area contributed by atoms with Gasteiger partial charge in [0.2, 0.25) is 5.91 Å². The summed E-state index contributed by atoms with van der Waals surface area (Å²) in [6.45, 7) is 1.76. The molecule has 0 spiro atoms. The van der Waals surface area contributed by atoms with Crippen LogP contribution in [0.25, 0.3) is 0 Å². The topological polar surface area (TPSA) is 75.7 Å². The number of sulfone groups is 1. The van der Waals surface area contributed by atoms with Crippen LogP contribution in [0.4, 0.5) is 5.69 Å². The van der Waals surface area contributed by atoms with Crippen LogP contribution in [0.2, 0.25) is 0 Å². The van der Waals surface area contributed by atoms with Crippen molar-refractivity contribution >= 4 is 21.4 Å². The predicted molar refractivity (Wildman–Crippen MR) is 85.9 cm³/mol. The second kappa shape index (κ2) is 6.56. The molecule has 1 fully saturated rings. The summed E-state index contributed by atoms with van der Waals surface area (Å²) in [5.74, 6) is 0.737. The lowest BCUT2D eigenvalue weighted by molar-refractivity contribution is -0.132. The third-order valence-corrected chi connectivity index (χ3v) is 5.70. The van der Waals surface area contributed by atoms with Gasteiger partial charge in [0.1, 0.15) is 11.8 Å². The number of ether oxygens (including phenoxy) is 1. The maximum Gasteiger partial charge on any atom is 0.244 e. The summed E-state index contributed by atoms with van der Waals surface area (Å²) in [5.41, 5.74) is 0.735. The van der Waals surface area contributed by atoms with E-state index >= 15 is 0 Å². The molecule has 7 heteroatoms. The Morgan fingerprint density at radius 1 is 1.41 bits per heavy atom. The van der Waals surface area contributed by atoms with Crippen LogP contribution in [0.1, 0.15) is 13.3 Å². The fourth-order valence-corrected chi connectivity index (χ4v) is 4.40. The largest absolute Gasteiger partial charge is 0.495 e. The van der Waals surface area contributed by atoms with Crippen LogP contribution < -0.4 is 10.1 Å². The van der Waals surface area contributed by atoms with E-state index in [1.807, 2.05) is 24.3 Å². The van der Waals surface area contributed by atoms with Gasteiger partial charge in [0.05, 0.1) is 24.3 Å². The van der Waals surface area contributed by atoms with Gasteiger partial charge in [-0.05, 0) is 25.5 Å². The van der Waals surface area contributed by atoms with Crippen molar-refractivity contribution in [2.45, 2.75) is 25.4 Å². The number of anilines is 1. The Hall–Kier alpha value is -1.76. The SMILES string of the molecule is COc1ccccc1N[C@@H](C)C(=O)N(C)[C@H]1CCS(=O)(=O)C1. The van der Waals surface area contributed by atoms with Crippen molar-refractivity contribution in [3.8, 4) is 5.75 Å². The van der Waals surface area contributed by atoms with E-state index in [0.29, 0.717) is 12.2 Å². The van der Waals surface area contributed by atoms with E-state index in [4.69, 9.17) is 4.74 Å². The second-order valence-electron chi connectivity index (χ2n) is 5.57. The Morgan fingerprint density at radius 3 is 2.68 bits per heavy atom. The molecule has 0 radical (unpaired) electrons. The van der Waals surface area contributed by atoms with Gasteiger partial charge in [-0.15, -0.1) is 0 Å². The number of para-hydroxylation sites is 2. The molecule has 1 aromatic carbocycles. The van der Waals surface area contributed by atoms with E-state index in [-0.39, 0.29) is 23.5 Å². The Morgan fingerprint density at radius 2 is 2.09 bits per heavy atom. The first-order valence-corrected chi connectivity index (χ1v) is 9.03. The normalized spacial score (nSPS) is 21.1. The average Bonchev–Trinajstić information content (AvgIpc) is 2.86. The van der Waals surface area contributed by atoms with E-state index in [1.54, 1.807) is 21.1 Å². The minimum atomic E-state index is -3.00. The van der Waals surface area contributed by atoms with Gasteiger partial charge in [0.15, 0.2) is 9.84 Å². The van der Waals surface area contributed by atoms with Gasteiger partial charge in [-0.1, -0.05) is 12.1 Å². The van der Waals surface area contributed by atoms with E-state index in [1.165, 1.54) is 4.90 Å². The number of carbonyl (C=O) groups is 1. The molecule has 0 aliphatic carbocycles. The fraction of sp³-hybridized carbons (Fsp3) is 0.533. The molecule has 22 heavy (non-hydrogen) atoms. The molecule has 1 aromatic rings. The van der Waals surface area contributed by atoms with Crippen molar-refractivity contribution < 1.29 is 17.9 Å². The standard InChI is InChI=1S/C15H22N2O4S/c1-11(16-13-6-4-5-7-14(13)21-3)15(18)17(2)12-8-9-22(19,20)10-12/h4-7,11-12,16H,8-10H2,1-3H3/t11-,12-/m0/s1. The summed E-state index contributed by atoms with van der Waals surface area (Å²) in [7, 11) is 0.229. The predicted octanol–water partition coefficient (Wildman–Crippen LogP) is 1.14. The first-order chi connectivity index (χ1) is 10.3. The Kier molecular flexibility index (Phi) is 4.95. The van der Waals surface area contributed by atoms with Gasteiger partial charge in [0.25, 0.3) is 0 Å². The molecule has 0 aromatic heterocycles. The monoisotopic (exact) mass is 326 g/mol. The number of hydrogen-bond acceptors (Lipinski definition) is 5. The molecular formula is C15H22N2O4S. The molecule has 1 aliphatic rings. The van der Waals surface area contributed by atoms with Crippen molar-refractivity contribution in [2.75, 3.05) is 31.0 Å². The highest BCUT2D eigenvalue weighted by Gasteiger charge is 2.34. The van der Waals surface area contributed by atoms with Gasteiger partial charge in [0, 0.05) is 13.1 Å². The zero-order chi connectivity index (χ0) is 16.3. The van der Waals surface area contributed by atoms with Gasteiger partial charge < -0.3 is 15.0 Å². The summed E-state index contributed by atoms with van der Waals surface area (Å²) in [4.78, 5) is 14.0. The highest BCUT2D eigenvalue weighted by Crippen LogP contribution is 2.24. The Labute approximate surface area is 131 Å². The molecule has 1 saturated heterocycles. The third-order valence-electron chi connectivity index (χ3n) is 3.95. The zero-order valence-corrected chi connectivity index (χ0v) is 13.9. The minimum absolute atomic E-state index is 0.0522. The highest BCUT2D eigenvalue weighted by atomic mass is 32.2. The second-order valence-corrected chi connectivity index (χ2v) is 7.80. The zero-order valence-electron chi connectivity index (χ0n) is 13.1. The fourth-order valence-electron chi connectivity index (χ4n) is 2.63. The molecule has 1 heterocycles. The van der Waals surface area contributed by atoms with E-state index in [2.05, 4.69) is 5.32 Å². The molecule has 2 atom stereocenters. The van der Waals surface area contributed by atoms with Gasteiger partial charge in [-0.25, -0.2) is 8.42 Å². The number of carbonyl (C=O) groups excluding carboxylic acids is 1. The van der Waals surface area contributed by atoms with Crippen LogP contribution in [0, 0.1) is 0 Å². The lowest BCUT2D eigenvalue weighted by atomic mass is 10.2. The first kappa shape index (κ1) is 16.6. The van der Waals surface area contributed by atoms with Crippen LogP contribution in [-0.2, 0) is 14.6 Å². The molecule has 1 aliphatic heterocycles. The molecule has 2 rings (SSSR count). The van der Waals surface area contributed by atoms with E-state index in [0.717, 1.165) is 5.69 Å². The summed E-state index contributed by atoms with van der Waals surface area (Å²) >= 11 is 0. The summed E-state index contributed by atoms with van der Waals surface area (Å²) in [6.07, 6.45) is 0.506. The number of methoxy groups -OCH3 is 1. The maximum absolute atomic E-state index is 12.5. The maximum atomic E-state index is 12.5. The summed E-state index contributed by atoms with van der Waals surface area (Å²) in [5, 5.41) is 3.12. The van der Waals surface area contributed by atoms with Crippen LogP contribution in [0.5, 0.6) is 5.75 Å². The molecule has 1 N–H and O–H groups in total. The molecule has 0 bridgehead atoms. The first-order valence-electron chi connectivity index (χ1n) is 7.20. The average molecular weight is 326 g/mol. The van der Waals surface area contributed by atoms with Crippen molar-refractivity contribution in [2.24, 2.45) is 0 Å². The molecule has 6 nitrogen and oxygen atoms in total. The lowest BCUT2D eigenvalue weighted by Crippen LogP contribution is -2.45. The van der Waals surface area contributed by atoms with Crippen LogP contribution in [0.15, 0.2) is 24.3 Å². The number of likely N-dealkylation sites (N-methyl/N-ethyl adjacent to an activating group) is 1. The van der Waals surface area contributed by atoms with Gasteiger partial charge in [-0.2, -0.15) is 0 Å². The van der Waals surface area contributed by atoms with Crippen LogP contribution in [-0.4, -0.2) is 57.0 Å². The molecule has 1 amide bonds. The number of nitrogens with one attached hydrogen (secondary N) is 1. The van der Waals surface area contributed by atoms with E-state index in [9.17, 15) is 13.2 Å². The summed E-state index contributed by atoms with van der Waals surface area (Å²) in [6, 6.07) is 6.65. The van der Waals surface area contributed by atoms with Crippen molar-refractivity contribution in [1.29, 1.82) is 0 Å². The number of amides is 1. The molecule has 0 unspecified atom stereocenters. The smallest absolute Gasteiger partial charge is 0.244 e. The number of hydrogen-bond donors (Lipinski definition) is 1. The highest BCUT2D eigenvalue weighted by molar-refractivity contribution is 7.91. The molecule has 0 saturated carbocycles. The van der Waals surface area contributed by atoms with Crippen molar-refractivity contribution in [1.82, 2.24) is 4.90 Å². The van der Waals surface area contributed by atoms with Crippen LogP contribution in [0.3, 0.4) is 0 Å². The lowest BCUT2D eigenvalue weighted by Gasteiger charge is -2.27. The number of nitrogens with zero attached hydrogens (tertiary/aromatic N) is 1. The Bertz CT molecular complexity index is 645. The number of benzene rings is 1. The number of rotatable bonds is 5. The van der Waals surface area contributed by atoms with E-state index < -0.39 is 15.9 Å². The third kappa shape index (κ3) is 3.71. The van der Waals surface area contributed by atoms with Crippen LogP contribution >= 0.6 is 0 Å². The quantitative estimate of drug-likeness (QED) is 0.878. The summed E-state index contributed by atoms with van der Waals surface area (Å²) < 4.78 is 28.3. The van der Waals surface area contributed by atoms with Gasteiger partial charge >= 0.3 is 0 Å². The van der Waals surface area contributed by atoms with Crippen molar-refractivity contribution in [3.05, 3.63) is 24.3 Å². The molecule has 122 valence electrons. The van der Waals surface area contributed by atoms with Crippen molar-refractivity contribution in [3.63, 3.8) is 0 Å². The Balaban J connectivity index is 2.03. The van der Waals surface area contributed by atoms with Gasteiger partial charge in [-0.3, -0.25) is 4.79 Å².